The second kappa shape index (κ2) is 17.2. The van der Waals surface area contributed by atoms with Crippen LogP contribution in [0.25, 0.3) is 5.70 Å². The van der Waals surface area contributed by atoms with Gasteiger partial charge in [0.05, 0.1) is 6.10 Å². The largest absolute Gasteiger partial charge is 0.507 e. The maximum absolute atomic E-state index is 10.2. The van der Waals surface area contributed by atoms with Crippen molar-refractivity contribution < 1.29 is 9.84 Å². The number of ether oxygens (including phenoxy) is 1. The molecule has 1 atom stereocenters. The van der Waals surface area contributed by atoms with Gasteiger partial charge >= 0.3 is 0 Å². The molecule has 0 aromatic heterocycles. The molecule has 0 spiro atoms. The van der Waals surface area contributed by atoms with Gasteiger partial charge in [0, 0.05) is 29.8 Å². The van der Waals surface area contributed by atoms with Gasteiger partial charge in [0.15, 0.2) is 0 Å². The number of phenolic OH excluding ortho intramolecular Hbond substituents is 1. The van der Waals surface area contributed by atoms with Crippen LogP contribution in [0.4, 0.5) is 0 Å². The molecule has 2 aromatic rings. The van der Waals surface area contributed by atoms with Crippen LogP contribution in [0.3, 0.4) is 0 Å². The fraction of sp³-hybridized carbons (Fsp3) is 0.562. The first-order chi connectivity index (χ1) is 17.0. The Morgan fingerprint density at radius 3 is 2.23 bits per heavy atom. The van der Waals surface area contributed by atoms with Gasteiger partial charge in [-0.25, -0.2) is 0 Å². The van der Waals surface area contributed by atoms with E-state index in [0.29, 0.717) is 6.10 Å². The highest BCUT2D eigenvalue weighted by atomic mass is 16.5. The molecule has 0 radical (unpaired) electrons. The third-order valence-electron chi connectivity index (χ3n) is 6.91. The van der Waals surface area contributed by atoms with Gasteiger partial charge in [0.1, 0.15) is 5.75 Å². The standard InChI is InChI=1S/C28H39NO2.2C2H6/c1-4-20-31-22(2)14-15-24-16-18-28(19-17-24,25-10-6-5-7-11-25)21-29-23(3)26-12-8-9-13-27(26)30;2*1-2/h5-13,22,24,29-30H,3-4,14-21H2,1-2H3;2*1-2H3. The molecule has 3 rings (SSSR count). The Kier molecular flexibility index (Phi) is 15.1. The summed E-state index contributed by atoms with van der Waals surface area (Å²) in [5, 5.41) is 13.7. The monoisotopic (exact) mass is 481 g/mol. The number of rotatable bonds is 11. The Morgan fingerprint density at radius 2 is 1.63 bits per heavy atom. The van der Waals surface area contributed by atoms with E-state index in [9.17, 15) is 5.11 Å². The zero-order valence-electron chi connectivity index (χ0n) is 23.3. The van der Waals surface area contributed by atoms with Crippen molar-refractivity contribution in [3.05, 3.63) is 72.3 Å². The maximum Gasteiger partial charge on any atom is 0.124 e. The summed E-state index contributed by atoms with van der Waals surface area (Å²) < 4.78 is 5.87. The quantitative estimate of drug-likeness (QED) is 0.337. The van der Waals surface area contributed by atoms with Crippen LogP contribution in [0.2, 0.25) is 0 Å². The van der Waals surface area contributed by atoms with Crippen LogP contribution < -0.4 is 5.32 Å². The molecule has 0 heterocycles. The second-order valence-corrected chi connectivity index (χ2v) is 9.20. The van der Waals surface area contributed by atoms with Gasteiger partial charge in [-0.2, -0.15) is 0 Å². The third kappa shape index (κ3) is 9.72. The molecule has 2 N–H and O–H groups in total. The van der Waals surface area contributed by atoms with Crippen LogP contribution in [0.15, 0.2) is 61.2 Å². The van der Waals surface area contributed by atoms with Gasteiger partial charge in [-0.15, -0.1) is 0 Å². The van der Waals surface area contributed by atoms with Crippen LogP contribution >= 0.6 is 0 Å². The van der Waals surface area contributed by atoms with E-state index in [2.05, 4.69) is 56.1 Å². The molecule has 1 aliphatic rings. The fourth-order valence-corrected chi connectivity index (χ4v) is 4.85. The smallest absolute Gasteiger partial charge is 0.124 e. The van der Waals surface area contributed by atoms with E-state index in [0.717, 1.165) is 43.2 Å². The van der Waals surface area contributed by atoms with Crippen LogP contribution in [0.1, 0.15) is 97.6 Å². The lowest BCUT2D eigenvalue weighted by Gasteiger charge is -2.41. The van der Waals surface area contributed by atoms with Gasteiger partial charge in [0.25, 0.3) is 0 Å². The molecule has 0 aliphatic heterocycles. The first kappa shape index (κ1) is 30.8. The van der Waals surface area contributed by atoms with Crippen LogP contribution in [0.5, 0.6) is 5.75 Å². The minimum Gasteiger partial charge on any atom is -0.507 e. The van der Waals surface area contributed by atoms with Gasteiger partial charge in [-0.05, 0) is 75.5 Å². The predicted octanol–water partition coefficient (Wildman–Crippen LogP) is 8.73. The Balaban J connectivity index is 0.00000145. The van der Waals surface area contributed by atoms with E-state index in [1.54, 1.807) is 6.07 Å². The normalized spacial score (nSPS) is 19.9. The molecule has 2 aromatic carbocycles. The summed E-state index contributed by atoms with van der Waals surface area (Å²) in [4.78, 5) is 0. The first-order valence-corrected chi connectivity index (χ1v) is 13.9. The maximum atomic E-state index is 10.2. The lowest BCUT2D eigenvalue weighted by molar-refractivity contribution is 0.0534. The van der Waals surface area contributed by atoms with Crippen molar-refractivity contribution in [2.75, 3.05) is 13.2 Å². The molecule has 0 bridgehead atoms. The lowest BCUT2D eigenvalue weighted by atomic mass is 9.65. The van der Waals surface area contributed by atoms with Gasteiger partial charge in [0.2, 0.25) is 0 Å². The first-order valence-electron chi connectivity index (χ1n) is 13.9. The van der Waals surface area contributed by atoms with Gasteiger partial charge in [-0.1, -0.05) is 83.7 Å². The van der Waals surface area contributed by atoms with Crippen molar-refractivity contribution >= 4 is 5.70 Å². The Morgan fingerprint density at radius 1 is 1.03 bits per heavy atom. The lowest BCUT2D eigenvalue weighted by Crippen LogP contribution is -2.41. The highest BCUT2D eigenvalue weighted by Gasteiger charge is 2.36. The summed E-state index contributed by atoms with van der Waals surface area (Å²) >= 11 is 0. The van der Waals surface area contributed by atoms with Crippen molar-refractivity contribution in [1.29, 1.82) is 0 Å². The summed E-state index contributed by atoms with van der Waals surface area (Å²) in [6.07, 6.45) is 8.72. The van der Waals surface area contributed by atoms with Crippen molar-refractivity contribution in [3.8, 4) is 5.75 Å². The van der Waals surface area contributed by atoms with Crippen molar-refractivity contribution in [3.63, 3.8) is 0 Å². The summed E-state index contributed by atoms with van der Waals surface area (Å²) in [5.41, 5.74) is 3.08. The molecular formula is C32H51NO2. The summed E-state index contributed by atoms with van der Waals surface area (Å²) in [6, 6.07) is 18.3. The van der Waals surface area contributed by atoms with E-state index in [-0.39, 0.29) is 11.2 Å². The molecule has 1 saturated carbocycles. The Hall–Kier alpha value is -2.26. The number of benzene rings is 2. The zero-order chi connectivity index (χ0) is 26.1. The van der Waals surface area contributed by atoms with Crippen molar-refractivity contribution in [2.24, 2.45) is 5.92 Å². The molecule has 1 aliphatic carbocycles. The number of aromatic hydroxyl groups is 1. The minimum atomic E-state index is 0.107. The van der Waals surface area contributed by atoms with Crippen LogP contribution in [-0.2, 0) is 10.2 Å². The molecule has 3 nitrogen and oxygen atoms in total. The summed E-state index contributed by atoms with van der Waals surface area (Å²) in [5.74, 6) is 1.06. The number of hydrogen-bond acceptors (Lipinski definition) is 3. The summed E-state index contributed by atoms with van der Waals surface area (Å²) in [6.45, 7) is 18.3. The molecule has 196 valence electrons. The second-order valence-electron chi connectivity index (χ2n) is 9.20. The highest BCUT2D eigenvalue weighted by Crippen LogP contribution is 2.43. The van der Waals surface area contributed by atoms with E-state index >= 15 is 0 Å². The van der Waals surface area contributed by atoms with E-state index in [4.69, 9.17) is 4.74 Å². The Labute approximate surface area is 216 Å². The van der Waals surface area contributed by atoms with E-state index in [1.807, 2.05) is 45.9 Å². The molecule has 1 fully saturated rings. The molecule has 1 unspecified atom stereocenters. The SMILES string of the molecule is C=C(NCC1(c2ccccc2)CCC(CCC(C)OCCC)CC1)c1ccccc1O.CC.CC. The molecule has 3 heteroatoms. The van der Waals surface area contributed by atoms with Crippen LogP contribution in [-0.4, -0.2) is 24.4 Å². The summed E-state index contributed by atoms with van der Waals surface area (Å²) in [7, 11) is 0. The zero-order valence-corrected chi connectivity index (χ0v) is 23.3. The predicted molar refractivity (Wildman–Crippen MR) is 153 cm³/mol. The molecule has 35 heavy (non-hydrogen) atoms. The molecule has 0 saturated heterocycles. The molecular weight excluding hydrogens is 430 g/mol. The average Bonchev–Trinajstić information content (AvgIpc) is 2.93. The highest BCUT2D eigenvalue weighted by molar-refractivity contribution is 5.67. The van der Waals surface area contributed by atoms with Crippen LogP contribution in [0, 0.1) is 5.92 Å². The van der Waals surface area contributed by atoms with E-state index < -0.39 is 0 Å². The number of nitrogens with one attached hydrogen (secondary N) is 1. The van der Waals surface area contributed by atoms with E-state index in [1.165, 1.54) is 37.7 Å². The van der Waals surface area contributed by atoms with Gasteiger partial charge < -0.3 is 15.2 Å². The van der Waals surface area contributed by atoms with Crippen molar-refractivity contribution in [1.82, 2.24) is 5.32 Å². The Bertz CT molecular complexity index is 809. The number of para-hydroxylation sites is 1. The van der Waals surface area contributed by atoms with Crippen molar-refractivity contribution in [2.45, 2.75) is 98.0 Å². The number of phenols is 1. The molecule has 0 amide bonds. The van der Waals surface area contributed by atoms with Gasteiger partial charge in [-0.3, -0.25) is 0 Å². The number of hydrogen-bond donors (Lipinski definition) is 2. The fourth-order valence-electron chi connectivity index (χ4n) is 4.85. The third-order valence-corrected chi connectivity index (χ3v) is 6.91. The topological polar surface area (TPSA) is 41.5 Å². The average molecular weight is 482 g/mol. The minimum absolute atomic E-state index is 0.107.